The van der Waals surface area contributed by atoms with Gasteiger partial charge in [0.05, 0.1) is 5.02 Å². The molecular formula is C19H21Cl2NO2. The molecule has 5 heteroatoms. The summed E-state index contributed by atoms with van der Waals surface area (Å²) in [6, 6.07) is 15.1. The fraction of sp³-hybridized carbons (Fsp3) is 0.368. The van der Waals surface area contributed by atoms with E-state index in [1.807, 2.05) is 48.5 Å². The average Bonchev–Trinajstić information content (AvgIpc) is 2.93. The largest absolute Gasteiger partial charge is 0.491 e. The molecule has 0 N–H and O–H groups in total. The van der Waals surface area contributed by atoms with Crippen LogP contribution in [0, 0.1) is 0 Å². The van der Waals surface area contributed by atoms with Gasteiger partial charge in [-0.3, -0.25) is 4.90 Å². The molecule has 24 heavy (non-hydrogen) atoms. The third-order valence-corrected chi connectivity index (χ3v) is 4.76. The van der Waals surface area contributed by atoms with Crippen LogP contribution in [0.3, 0.4) is 0 Å². The predicted molar refractivity (Wildman–Crippen MR) is 98.5 cm³/mol. The molecule has 0 saturated carbocycles. The van der Waals surface area contributed by atoms with Crippen LogP contribution in [0.5, 0.6) is 11.5 Å². The van der Waals surface area contributed by atoms with E-state index in [-0.39, 0.29) is 5.60 Å². The zero-order chi connectivity index (χ0) is 17.0. The van der Waals surface area contributed by atoms with Gasteiger partial charge in [-0.25, -0.2) is 0 Å². The van der Waals surface area contributed by atoms with Crippen molar-refractivity contribution < 1.29 is 9.47 Å². The van der Waals surface area contributed by atoms with Crippen LogP contribution in [0.1, 0.15) is 13.3 Å². The Morgan fingerprint density at radius 1 is 1.08 bits per heavy atom. The molecule has 0 radical (unpaired) electrons. The molecule has 1 aliphatic heterocycles. The van der Waals surface area contributed by atoms with Crippen LogP contribution in [-0.4, -0.2) is 36.7 Å². The number of likely N-dealkylation sites (tertiary alicyclic amines) is 1. The van der Waals surface area contributed by atoms with Crippen LogP contribution in [0.4, 0.5) is 0 Å². The standard InChI is InChI=1S/C19H21Cl2NO2/c1-19(24-16-8-6-15(20)7-9-16)10-11-22(14-19)12-13-23-18-5-3-2-4-17(18)21/h2-9H,10-14H2,1H3. The highest BCUT2D eigenvalue weighted by atomic mass is 35.5. The Labute approximate surface area is 153 Å². The number of hydrogen-bond acceptors (Lipinski definition) is 3. The molecule has 0 spiro atoms. The zero-order valence-corrected chi connectivity index (χ0v) is 15.2. The van der Waals surface area contributed by atoms with Crippen molar-refractivity contribution in [1.29, 1.82) is 0 Å². The van der Waals surface area contributed by atoms with E-state index >= 15 is 0 Å². The summed E-state index contributed by atoms with van der Waals surface area (Å²) in [7, 11) is 0. The molecular weight excluding hydrogens is 345 g/mol. The minimum absolute atomic E-state index is 0.182. The van der Waals surface area contributed by atoms with Crippen molar-refractivity contribution in [2.24, 2.45) is 0 Å². The normalized spacial score (nSPS) is 21.0. The van der Waals surface area contributed by atoms with Gasteiger partial charge < -0.3 is 9.47 Å². The number of para-hydroxylation sites is 1. The molecule has 3 nitrogen and oxygen atoms in total. The molecule has 1 fully saturated rings. The van der Waals surface area contributed by atoms with Crippen molar-refractivity contribution in [3.05, 3.63) is 58.6 Å². The predicted octanol–water partition coefficient (Wildman–Crippen LogP) is 4.92. The zero-order valence-electron chi connectivity index (χ0n) is 13.7. The SMILES string of the molecule is CC1(Oc2ccc(Cl)cc2)CCN(CCOc2ccccc2Cl)C1. The molecule has 1 saturated heterocycles. The van der Waals surface area contributed by atoms with Gasteiger partial charge in [0, 0.05) is 31.1 Å². The summed E-state index contributed by atoms with van der Waals surface area (Å²) >= 11 is 12.0. The smallest absolute Gasteiger partial charge is 0.137 e. The third-order valence-electron chi connectivity index (χ3n) is 4.19. The first-order chi connectivity index (χ1) is 11.5. The van der Waals surface area contributed by atoms with Gasteiger partial charge in [0.25, 0.3) is 0 Å². The molecule has 3 rings (SSSR count). The van der Waals surface area contributed by atoms with E-state index in [9.17, 15) is 0 Å². The van der Waals surface area contributed by atoms with E-state index in [1.165, 1.54) is 0 Å². The first-order valence-electron chi connectivity index (χ1n) is 8.08. The molecule has 2 aromatic carbocycles. The van der Waals surface area contributed by atoms with Crippen LogP contribution >= 0.6 is 23.2 Å². The van der Waals surface area contributed by atoms with Crippen LogP contribution in [0.2, 0.25) is 10.0 Å². The van der Waals surface area contributed by atoms with Gasteiger partial charge in [-0.2, -0.15) is 0 Å². The first-order valence-corrected chi connectivity index (χ1v) is 8.84. The maximum Gasteiger partial charge on any atom is 0.137 e. The molecule has 1 unspecified atom stereocenters. The van der Waals surface area contributed by atoms with Gasteiger partial charge in [-0.05, 0) is 43.3 Å². The fourth-order valence-corrected chi connectivity index (χ4v) is 3.25. The van der Waals surface area contributed by atoms with Crippen molar-refractivity contribution in [3.63, 3.8) is 0 Å². The number of nitrogens with zero attached hydrogens (tertiary/aromatic N) is 1. The summed E-state index contributed by atoms with van der Waals surface area (Å²) in [6.45, 7) is 5.49. The summed E-state index contributed by atoms with van der Waals surface area (Å²) in [4.78, 5) is 2.35. The Kier molecular flexibility index (Phi) is 5.54. The summed E-state index contributed by atoms with van der Waals surface area (Å²) in [5.41, 5.74) is -0.182. The van der Waals surface area contributed by atoms with Gasteiger partial charge in [0.2, 0.25) is 0 Å². The van der Waals surface area contributed by atoms with Gasteiger partial charge in [-0.15, -0.1) is 0 Å². The van der Waals surface area contributed by atoms with Crippen LogP contribution in [0.15, 0.2) is 48.5 Å². The van der Waals surface area contributed by atoms with Gasteiger partial charge >= 0.3 is 0 Å². The second-order valence-corrected chi connectivity index (χ2v) is 7.15. The lowest BCUT2D eigenvalue weighted by Crippen LogP contribution is -2.37. The number of ether oxygens (including phenoxy) is 2. The van der Waals surface area contributed by atoms with Crippen LogP contribution < -0.4 is 9.47 Å². The highest BCUT2D eigenvalue weighted by molar-refractivity contribution is 6.32. The lowest BCUT2D eigenvalue weighted by atomic mass is 10.1. The molecule has 1 heterocycles. The summed E-state index contributed by atoms with van der Waals surface area (Å²) in [5.74, 6) is 1.59. The molecule has 0 aliphatic carbocycles. The number of benzene rings is 2. The average molecular weight is 366 g/mol. The van der Waals surface area contributed by atoms with Crippen molar-refractivity contribution in [1.82, 2.24) is 4.90 Å². The highest BCUT2D eigenvalue weighted by Crippen LogP contribution is 2.28. The minimum Gasteiger partial charge on any atom is -0.491 e. The molecule has 0 bridgehead atoms. The van der Waals surface area contributed by atoms with Gasteiger partial charge in [-0.1, -0.05) is 35.3 Å². The van der Waals surface area contributed by atoms with Crippen molar-refractivity contribution in [2.75, 3.05) is 26.2 Å². The number of hydrogen-bond donors (Lipinski definition) is 0. The Hall–Kier alpha value is -1.42. The van der Waals surface area contributed by atoms with Gasteiger partial charge in [0.15, 0.2) is 0 Å². The van der Waals surface area contributed by atoms with E-state index < -0.39 is 0 Å². The highest BCUT2D eigenvalue weighted by Gasteiger charge is 2.35. The summed E-state index contributed by atoms with van der Waals surface area (Å²) < 4.78 is 11.9. The quantitative estimate of drug-likeness (QED) is 0.725. The molecule has 1 atom stereocenters. The monoisotopic (exact) mass is 365 g/mol. The van der Waals surface area contributed by atoms with Crippen molar-refractivity contribution >= 4 is 23.2 Å². The van der Waals surface area contributed by atoms with Crippen LogP contribution in [0.25, 0.3) is 0 Å². The fourth-order valence-electron chi connectivity index (χ4n) is 2.93. The Bertz CT molecular complexity index is 677. The van der Waals surface area contributed by atoms with Crippen LogP contribution in [-0.2, 0) is 0 Å². The molecule has 2 aromatic rings. The second kappa shape index (κ2) is 7.64. The Morgan fingerprint density at radius 3 is 2.58 bits per heavy atom. The molecule has 1 aliphatic rings. The molecule has 128 valence electrons. The minimum atomic E-state index is -0.182. The van der Waals surface area contributed by atoms with E-state index in [1.54, 1.807) is 0 Å². The molecule has 0 amide bonds. The van der Waals surface area contributed by atoms with E-state index in [2.05, 4.69) is 11.8 Å². The van der Waals surface area contributed by atoms with E-state index in [4.69, 9.17) is 32.7 Å². The lowest BCUT2D eigenvalue weighted by Gasteiger charge is -2.26. The van der Waals surface area contributed by atoms with E-state index in [0.29, 0.717) is 11.6 Å². The number of rotatable bonds is 6. The first kappa shape index (κ1) is 17.4. The summed E-state index contributed by atoms with van der Waals surface area (Å²) in [6.07, 6.45) is 0.988. The lowest BCUT2D eigenvalue weighted by molar-refractivity contribution is 0.0935. The molecule has 0 aromatic heterocycles. The van der Waals surface area contributed by atoms with E-state index in [0.717, 1.165) is 42.6 Å². The summed E-state index contributed by atoms with van der Waals surface area (Å²) in [5, 5.41) is 1.37. The van der Waals surface area contributed by atoms with Gasteiger partial charge in [0.1, 0.15) is 23.7 Å². The maximum atomic E-state index is 6.17. The van der Waals surface area contributed by atoms with Crippen molar-refractivity contribution in [2.45, 2.75) is 18.9 Å². The third kappa shape index (κ3) is 4.56. The maximum absolute atomic E-state index is 6.17. The van der Waals surface area contributed by atoms with Crippen molar-refractivity contribution in [3.8, 4) is 11.5 Å². The topological polar surface area (TPSA) is 21.7 Å². The Balaban J connectivity index is 1.48. The second-order valence-electron chi connectivity index (χ2n) is 6.31. The number of halogens is 2. The Morgan fingerprint density at radius 2 is 1.83 bits per heavy atom.